The first-order chi connectivity index (χ1) is 6.57. The van der Waals surface area contributed by atoms with Gasteiger partial charge in [-0.2, -0.15) is 0 Å². The molecule has 0 aliphatic carbocycles. The largest absolute Gasteiger partial charge is 0.355 e. The number of nitrogens with two attached hydrogens (primary N) is 1. The summed E-state index contributed by atoms with van der Waals surface area (Å²) in [5.74, 6) is 0.673. The minimum absolute atomic E-state index is 0.119. The van der Waals surface area contributed by atoms with Gasteiger partial charge in [0, 0.05) is 19.6 Å². The van der Waals surface area contributed by atoms with E-state index in [0.29, 0.717) is 15.9 Å². The molecule has 0 saturated carbocycles. The van der Waals surface area contributed by atoms with Crippen molar-refractivity contribution in [3.05, 3.63) is 20.3 Å². The zero-order valence-electron chi connectivity index (χ0n) is 8.12. The molecule has 0 aliphatic rings. The van der Waals surface area contributed by atoms with Gasteiger partial charge in [0.2, 0.25) is 0 Å². The molecule has 0 spiro atoms. The standard InChI is InChI=1S/C8H13IN4O/c1-5(3-10)13(2)7-6(9)8(14)12-4-11-7/h4-5H,3,10H2,1-2H3,(H,11,12,14). The topological polar surface area (TPSA) is 75.0 Å². The Kier molecular flexibility index (Phi) is 3.87. The number of aromatic amines is 1. The lowest BCUT2D eigenvalue weighted by molar-refractivity contribution is 0.684. The van der Waals surface area contributed by atoms with Gasteiger partial charge < -0.3 is 15.6 Å². The number of anilines is 1. The second kappa shape index (κ2) is 4.74. The van der Waals surface area contributed by atoms with Crippen LogP contribution in [0.1, 0.15) is 6.92 Å². The molecule has 0 amide bonds. The number of nitrogens with one attached hydrogen (secondary N) is 1. The molecule has 1 aromatic rings. The van der Waals surface area contributed by atoms with Crippen molar-refractivity contribution in [3.8, 4) is 0 Å². The van der Waals surface area contributed by atoms with Crippen LogP contribution >= 0.6 is 22.6 Å². The van der Waals surface area contributed by atoms with E-state index in [1.807, 2.05) is 41.5 Å². The molecule has 5 nitrogen and oxygen atoms in total. The van der Waals surface area contributed by atoms with Gasteiger partial charge in [0.05, 0.1) is 6.33 Å². The third-order valence-electron chi connectivity index (χ3n) is 2.11. The Balaban J connectivity index is 3.07. The Hall–Kier alpha value is -0.630. The van der Waals surface area contributed by atoms with Crippen molar-refractivity contribution < 1.29 is 0 Å². The molecule has 1 rings (SSSR count). The molecule has 1 heterocycles. The van der Waals surface area contributed by atoms with Gasteiger partial charge in [-0.15, -0.1) is 0 Å². The van der Waals surface area contributed by atoms with Gasteiger partial charge in [-0.05, 0) is 29.5 Å². The molecular weight excluding hydrogens is 295 g/mol. The maximum absolute atomic E-state index is 11.3. The monoisotopic (exact) mass is 308 g/mol. The number of nitrogens with zero attached hydrogens (tertiary/aromatic N) is 2. The quantitative estimate of drug-likeness (QED) is 0.780. The zero-order valence-corrected chi connectivity index (χ0v) is 10.3. The average molecular weight is 308 g/mol. The summed E-state index contributed by atoms with van der Waals surface area (Å²) in [7, 11) is 1.88. The number of hydrogen-bond acceptors (Lipinski definition) is 4. The van der Waals surface area contributed by atoms with E-state index in [0.717, 1.165) is 0 Å². The fourth-order valence-corrected chi connectivity index (χ4v) is 1.66. The van der Waals surface area contributed by atoms with Crippen molar-refractivity contribution in [1.29, 1.82) is 0 Å². The molecule has 0 fully saturated rings. The number of H-pyrrole nitrogens is 1. The van der Waals surface area contributed by atoms with Gasteiger partial charge in [-0.1, -0.05) is 0 Å². The molecule has 0 aromatic carbocycles. The van der Waals surface area contributed by atoms with E-state index < -0.39 is 0 Å². The van der Waals surface area contributed by atoms with E-state index in [2.05, 4.69) is 9.97 Å². The van der Waals surface area contributed by atoms with Gasteiger partial charge in [-0.3, -0.25) is 4.79 Å². The molecule has 1 unspecified atom stereocenters. The SMILES string of the molecule is CC(CN)N(C)c1nc[nH]c(=O)c1I. The average Bonchev–Trinajstić information content (AvgIpc) is 2.20. The van der Waals surface area contributed by atoms with Crippen LogP contribution in [0.4, 0.5) is 5.82 Å². The van der Waals surface area contributed by atoms with E-state index in [4.69, 9.17) is 5.73 Å². The Morgan fingerprint density at radius 2 is 2.43 bits per heavy atom. The molecule has 14 heavy (non-hydrogen) atoms. The zero-order chi connectivity index (χ0) is 10.7. The van der Waals surface area contributed by atoms with Crippen LogP contribution in [0, 0.1) is 3.57 Å². The highest BCUT2D eigenvalue weighted by atomic mass is 127. The summed E-state index contributed by atoms with van der Waals surface area (Å²) in [6.07, 6.45) is 1.40. The molecule has 3 N–H and O–H groups in total. The van der Waals surface area contributed by atoms with Crippen LogP contribution in [0.5, 0.6) is 0 Å². The van der Waals surface area contributed by atoms with Crippen LogP contribution in [-0.4, -0.2) is 29.6 Å². The highest BCUT2D eigenvalue weighted by Gasteiger charge is 2.14. The van der Waals surface area contributed by atoms with Crippen LogP contribution in [0.15, 0.2) is 11.1 Å². The first-order valence-corrected chi connectivity index (χ1v) is 5.32. The lowest BCUT2D eigenvalue weighted by Gasteiger charge is -2.24. The van der Waals surface area contributed by atoms with Crippen molar-refractivity contribution in [2.75, 3.05) is 18.5 Å². The molecule has 0 aliphatic heterocycles. The fourth-order valence-electron chi connectivity index (χ4n) is 0.986. The maximum atomic E-state index is 11.3. The molecule has 6 heteroatoms. The molecule has 0 bridgehead atoms. The highest BCUT2D eigenvalue weighted by Crippen LogP contribution is 2.15. The third kappa shape index (κ3) is 2.24. The minimum atomic E-state index is -0.119. The second-order valence-electron chi connectivity index (χ2n) is 3.06. The molecule has 1 aromatic heterocycles. The normalized spacial score (nSPS) is 12.6. The first-order valence-electron chi connectivity index (χ1n) is 4.24. The van der Waals surface area contributed by atoms with Crippen molar-refractivity contribution in [2.45, 2.75) is 13.0 Å². The van der Waals surface area contributed by atoms with Crippen molar-refractivity contribution in [2.24, 2.45) is 5.73 Å². The number of likely N-dealkylation sites (N-methyl/N-ethyl adjacent to an activating group) is 1. The summed E-state index contributed by atoms with van der Waals surface area (Å²) in [5, 5.41) is 0. The van der Waals surface area contributed by atoms with Crippen LogP contribution < -0.4 is 16.2 Å². The summed E-state index contributed by atoms with van der Waals surface area (Å²) >= 11 is 1.98. The number of aromatic nitrogens is 2. The van der Waals surface area contributed by atoms with Crippen LogP contribution in [0.25, 0.3) is 0 Å². The van der Waals surface area contributed by atoms with E-state index in [9.17, 15) is 4.79 Å². The molecule has 78 valence electrons. The molecule has 1 atom stereocenters. The Morgan fingerprint density at radius 3 is 3.00 bits per heavy atom. The first kappa shape index (κ1) is 11.4. The number of hydrogen-bond donors (Lipinski definition) is 2. The van der Waals surface area contributed by atoms with Gasteiger partial charge in [0.15, 0.2) is 0 Å². The van der Waals surface area contributed by atoms with Crippen molar-refractivity contribution >= 4 is 28.4 Å². The van der Waals surface area contributed by atoms with Gasteiger partial charge in [-0.25, -0.2) is 4.98 Å². The molecule has 0 radical (unpaired) electrons. The van der Waals surface area contributed by atoms with Gasteiger partial charge >= 0.3 is 0 Å². The van der Waals surface area contributed by atoms with Crippen LogP contribution in [-0.2, 0) is 0 Å². The van der Waals surface area contributed by atoms with Crippen molar-refractivity contribution in [3.63, 3.8) is 0 Å². The second-order valence-corrected chi connectivity index (χ2v) is 4.14. The summed E-state index contributed by atoms with van der Waals surface area (Å²) in [6.45, 7) is 2.51. The van der Waals surface area contributed by atoms with E-state index >= 15 is 0 Å². The van der Waals surface area contributed by atoms with E-state index in [1.54, 1.807) is 0 Å². The Labute approximate surface area is 95.9 Å². The lowest BCUT2D eigenvalue weighted by Crippen LogP contribution is -2.37. The predicted octanol–water partition coefficient (Wildman–Crippen LogP) is 0.158. The Morgan fingerprint density at radius 1 is 1.79 bits per heavy atom. The van der Waals surface area contributed by atoms with Gasteiger partial charge in [0.25, 0.3) is 5.56 Å². The summed E-state index contributed by atoms with van der Waals surface area (Å²) in [6, 6.07) is 0.165. The molecular formula is C8H13IN4O. The third-order valence-corrected chi connectivity index (χ3v) is 3.09. The molecule has 0 saturated heterocycles. The Bertz CT molecular complexity index is 365. The summed E-state index contributed by atoms with van der Waals surface area (Å²) in [5.41, 5.74) is 5.42. The van der Waals surface area contributed by atoms with E-state index in [-0.39, 0.29) is 11.6 Å². The summed E-state index contributed by atoms with van der Waals surface area (Å²) in [4.78, 5) is 19.8. The minimum Gasteiger partial charge on any atom is -0.355 e. The van der Waals surface area contributed by atoms with E-state index in [1.165, 1.54) is 6.33 Å². The van der Waals surface area contributed by atoms with Crippen LogP contribution in [0.2, 0.25) is 0 Å². The smallest absolute Gasteiger partial charge is 0.266 e. The van der Waals surface area contributed by atoms with Crippen LogP contribution in [0.3, 0.4) is 0 Å². The number of halogens is 1. The highest BCUT2D eigenvalue weighted by molar-refractivity contribution is 14.1. The lowest BCUT2D eigenvalue weighted by atomic mass is 10.3. The number of rotatable bonds is 3. The van der Waals surface area contributed by atoms with Crippen molar-refractivity contribution in [1.82, 2.24) is 9.97 Å². The fraction of sp³-hybridized carbons (Fsp3) is 0.500. The summed E-state index contributed by atoms with van der Waals surface area (Å²) < 4.78 is 0.591. The van der Waals surface area contributed by atoms with Gasteiger partial charge in [0.1, 0.15) is 9.39 Å². The predicted molar refractivity (Wildman–Crippen MR) is 64.5 cm³/mol. The maximum Gasteiger partial charge on any atom is 0.266 e.